The van der Waals surface area contributed by atoms with Gasteiger partial charge in [-0.15, -0.1) is 0 Å². The predicted octanol–water partition coefficient (Wildman–Crippen LogP) is 2.61. The molecule has 3 rings (SSSR count). The Hall–Kier alpha value is -1.06. The van der Waals surface area contributed by atoms with E-state index in [0.29, 0.717) is 12.0 Å². The van der Waals surface area contributed by atoms with Gasteiger partial charge in [-0.1, -0.05) is 18.6 Å². The third-order valence-corrected chi connectivity index (χ3v) is 4.89. The Kier molecular flexibility index (Phi) is 4.27. The second-order valence-corrected chi connectivity index (χ2v) is 6.48. The molecule has 0 spiro atoms. The standard InChI is InChI=1S/C17H26N2O/c1-20-17-7-5-14(6-8-17)15-9-16(18)12-19(11-15)10-13-3-2-4-13/h5-8,13,15-16H,2-4,9-12,18H2,1H3. The lowest BCUT2D eigenvalue weighted by Crippen LogP contribution is -2.48. The number of likely N-dealkylation sites (tertiary alicyclic amines) is 1. The van der Waals surface area contributed by atoms with Gasteiger partial charge in [0.15, 0.2) is 0 Å². The fraction of sp³-hybridized carbons (Fsp3) is 0.647. The fourth-order valence-electron chi connectivity index (χ4n) is 3.54. The summed E-state index contributed by atoms with van der Waals surface area (Å²) < 4.78 is 5.24. The minimum Gasteiger partial charge on any atom is -0.497 e. The summed E-state index contributed by atoms with van der Waals surface area (Å²) in [6, 6.07) is 8.83. The maximum absolute atomic E-state index is 6.28. The van der Waals surface area contributed by atoms with E-state index in [-0.39, 0.29) is 0 Å². The summed E-state index contributed by atoms with van der Waals surface area (Å²) in [5.74, 6) is 2.43. The molecule has 3 heteroatoms. The van der Waals surface area contributed by atoms with Gasteiger partial charge in [0.25, 0.3) is 0 Å². The van der Waals surface area contributed by atoms with Crippen molar-refractivity contribution in [3.05, 3.63) is 29.8 Å². The molecule has 0 radical (unpaired) electrons. The Morgan fingerprint density at radius 2 is 1.95 bits per heavy atom. The van der Waals surface area contributed by atoms with Crippen molar-refractivity contribution in [2.75, 3.05) is 26.7 Å². The molecule has 1 saturated heterocycles. The second-order valence-electron chi connectivity index (χ2n) is 6.48. The number of hydrogen-bond donors (Lipinski definition) is 1. The van der Waals surface area contributed by atoms with E-state index >= 15 is 0 Å². The summed E-state index contributed by atoms with van der Waals surface area (Å²) in [6.45, 7) is 3.49. The highest BCUT2D eigenvalue weighted by Crippen LogP contribution is 2.31. The summed E-state index contributed by atoms with van der Waals surface area (Å²) in [5.41, 5.74) is 7.68. The number of benzene rings is 1. The highest BCUT2D eigenvalue weighted by Gasteiger charge is 2.29. The molecule has 110 valence electrons. The molecule has 1 saturated carbocycles. The van der Waals surface area contributed by atoms with Crippen molar-refractivity contribution < 1.29 is 4.74 Å². The first-order chi connectivity index (χ1) is 9.74. The topological polar surface area (TPSA) is 38.5 Å². The Labute approximate surface area is 122 Å². The van der Waals surface area contributed by atoms with Gasteiger partial charge in [-0.25, -0.2) is 0 Å². The molecule has 1 aliphatic heterocycles. The van der Waals surface area contributed by atoms with E-state index in [0.717, 1.165) is 31.2 Å². The van der Waals surface area contributed by atoms with E-state index in [1.165, 1.54) is 31.4 Å². The molecule has 0 bridgehead atoms. The normalized spacial score (nSPS) is 28.1. The maximum Gasteiger partial charge on any atom is 0.118 e. The molecule has 20 heavy (non-hydrogen) atoms. The molecular formula is C17H26N2O. The van der Waals surface area contributed by atoms with Crippen molar-refractivity contribution >= 4 is 0 Å². The van der Waals surface area contributed by atoms with Crippen LogP contribution < -0.4 is 10.5 Å². The van der Waals surface area contributed by atoms with Gasteiger partial charge >= 0.3 is 0 Å². The second kappa shape index (κ2) is 6.15. The van der Waals surface area contributed by atoms with E-state index < -0.39 is 0 Å². The first-order valence-corrected chi connectivity index (χ1v) is 7.86. The molecular weight excluding hydrogens is 248 g/mol. The van der Waals surface area contributed by atoms with Crippen LogP contribution >= 0.6 is 0 Å². The molecule has 0 amide bonds. The third kappa shape index (κ3) is 3.15. The lowest BCUT2D eigenvalue weighted by atomic mass is 9.83. The number of ether oxygens (including phenoxy) is 1. The van der Waals surface area contributed by atoms with E-state index in [1.807, 2.05) is 0 Å². The summed E-state index contributed by atoms with van der Waals surface area (Å²) in [7, 11) is 1.71. The fourth-order valence-corrected chi connectivity index (χ4v) is 3.54. The Bertz CT molecular complexity index is 427. The molecule has 2 unspecified atom stereocenters. The van der Waals surface area contributed by atoms with Crippen molar-refractivity contribution in [1.29, 1.82) is 0 Å². The minimum absolute atomic E-state index is 0.316. The Balaban J connectivity index is 1.64. The van der Waals surface area contributed by atoms with E-state index in [4.69, 9.17) is 10.5 Å². The lowest BCUT2D eigenvalue weighted by molar-refractivity contribution is 0.133. The largest absolute Gasteiger partial charge is 0.497 e. The average molecular weight is 274 g/mol. The Morgan fingerprint density at radius 1 is 1.20 bits per heavy atom. The monoisotopic (exact) mass is 274 g/mol. The molecule has 1 aliphatic carbocycles. The van der Waals surface area contributed by atoms with Gasteiger partial charge in [-0.3, -0.25) is 0 Å². The van der Waals surface area contributed by atoms with Crippen LogP contribution in [0.5, 0.6) is 5.75 Å². The molecule has 2 N–H and O–H groups in total. The zero-order valence-corrected chi connectivity index (χ0v) is 12.4. The summed E-state index contributed by atoms with van der Waals surface area (Å²) in [5, 5.41) is 0. The van der Waals surface area contributed by atoms with Gasteiger partial charge in [0.1, 0.15) is 5.75 Å². The Morgan fingerprint density at radius 3 is 2.55 bits per heavy atom. The number of rotatable bonds is 4. The van der Waals surface area contributed by atoms with Gasteiger partial charge in [0, 0.05) is 25.7 Å². The van der Waals surface area contributed by atoms with Crippen molar-refractivity contribution in [2.24, 2.45) is 11.7 Å². The van der Waals surface area contributed by atoms with Crippen molar-refractivity contribution in [3.8, 4) is 5.75 Å². The van der Waals surface area contributed by atoms with Gasteiger partial charge < -0.3 is 15.4 Å². The van der Waals surface area contributed by atoms with Crippen LogP contribution in [0.2, 0.25) is 0 Å². The molecule has 0 aromatic heterocycles. The number of nitrogens with two attached hydrogens (primary N) is 1. The number of piperidine rings is 1. The zero-order chi connectivity index (χ0) is 13.9. The average Bonchev–Trinajstić information content (AvgIpc) is 2.42. The van der Waals surface area contributed by atoms with E-state index in [9.17, 15) is 0 Å². The summed E-state index contributed by atoms with van der Waals surface area (Å²) >= 11 is 0. The van der Waals surface area contributed by atoms with Gasteiger partial charge in [-0.05, 0) is 48.8 Å². The van der Waals surface area contributed by atoms with Crippen LogP contribution in [0.1, 0.15) is 37.2 Å². The highest BCUT2D eigenvalue weighted by atomic mass is 16.5. The van der Waals surface area contributed by atoms with E-state index in [2.05, 4.69) is 29.2 Å². The lowest BCUT2D eigenvalue weighted by Gasteiger charge is -2.40. The molecule has 3 nitrogen and oxygen atoms in total. The van der Waals surface area contributed by atoms with Crippen LogP contribution in [0.15, 0.2) is 24.3 Å². The molecule has 2 atom stereocenters. The van der Waals surface area contributed by atoms with Crippen LogP contribution in [0.4, 0.5) is 0 Å². The van der Waals surface area contributed by atoms with Gasteiger partial charge in [0.05, 0.1) is 7.11 Å². The SMILES string of the molecule is COc1ccc(C2CC(N)CN(CC3CCC3)C2)cc1. The maximum atomic E-state index is 6.28. The van der Waals surface area contributed by atoms with Crippen LogP contribution in [-0.4, -0.2) is 37.7 Å². The number of nitrogens with zero attached hydrogens (tertiary/aromatic N) is 1. The number of hydrogen-bond acceptors (Lipinski definition) is 3. The molecule has 1 aromatic rings. The quantitative estimate of drug-likeness (QED) is 0.917. The van der Waals surface area contributed by atoms with Crippen LogP contribution in [-0.2, 0) is 0 Å². The first kappa shape index (κ1) is 13.9. The van der Waals surface area contributed by atoms with E-state index in [1.54, 1.807) is 7.11 Å². The smallest absolute Gasteiger partial charge is 0.118 e. The summed E-state index contributed by atoms with van der Waals surface area (Å²) in [6.07, 6.45) is 5.36. The van der Waals surface area contributed by atoms with Crippen LogP contribution in [0, 0.1) is 5.92 Å². The van der Waals surface area contributed by atoms with Crippen molar-refractivity contribution in [1.82, 2.24) is 4.90 Å². The zero-order valence-electron chi connectivity index (χ0n) is 12.4. The predicted molar refractivity (Wildman–Crippen MR) is 82.1 cm³/mol. The van der Waals surface area contributed by atoms with Crippen molar-refractivity contribution in [2.45, 2.75) is 37.6 Å². The molecule has 2 aliphatic rings. The van der Waals surface area contributed by atoms with Crippen molar-refractivity contribution in [3.63, 3.8) is 0 Å². The van der Waals surface area contributed by atoms with Crippen LogP contribution in [0.25, 0.3) is 0 Å². The third-order valence-electron chi connectivity index (χ3n) is 4.89. The van der Waals surface area contributed by atoms with Gasteiger partial charge in [0.2, 0.25) is 0 Å². The molecule has 1 heterocycles. The first-order valence-electron chi connectivity index (χ1n) is 7.86. The van der Waals surface area contributed by atoms with Gasteiger partial charge in [-0.2, -0.15) is 0 Å². The summed E-state index contributed by atoms with van der Waals surface area (Å²) in [4.78, 5) is 2.59. The minimum atomic E-state index is 0.316. The highest BCUT2D eigenvalue weighted by molar-refractivity contribution is 5.30. The number of methoxy groups -OCH3 is 1. The van der Waals surface area contributed by atoms with Crippen LogP contribution in [0.3, 0.4) is 0 Å². The molecule has 1 aromatic carbocycles. The molecule has 2 fully saturated rings.